The van der Waals surface area contributed by atoms with Crippen LogP contribution in [-0.4, -0.2) is 65.0 Å². The molecule has 0 unspecified atom stereocenters. The molecule has 1 aliphatic carbocycles. The fourth-order valence-electron chi connectivity index (χ4n) is 3.59. The van der Waals surface area contributed by atoms with Gasteiger partial charge in [-0.1, -0.05) is 6.07 Å². The van der Waals surface area contributed by atoms with Crippen LogP contribution in [0.5, 0.6) is 0 Å². The van der Waals surface area contributed by atoms with Gasteiger partial charge in [-0.15, -0.1) is 0 Å². The lowest BCUT2D eigenvalue weighted by Gasteiger charge is -2.39. The van der Waals surface area contributed by atoms with Gasteiger partial charge in [0.25, 0.3) is 5.91 Å². The van der Waals surface area contributed by atoms with Crippen LogP contribution in [0.3, 0.4) is 0 Å². The van der Waals surface area contributed by atoms with Crippen LogP contribution in [0.15, 0.2) is 24.3 Å². The Hall–Kier alpha value is -1.92. The Balaban J connectivity index is 1.62. The summed E-state index contributed by atoms with van der Waals surface area (Å²) in [4.78, 5) is 27.9. The second-order valence-electron chi connectivity index (χ2n) is 6.34. The number of nitrogens with zero attached hydrogens (tertiary/aromatic N) is 2. The predicted molar refractivity (Wildman–Crippen MR) is 86.1 cm³/mol. The normalized spacial score (nSPS) is 25.5. The van der Waals surface area contributed by atoms with Gasteiger partial charge in [-0.05, 0) is 37.5 Å². The SMILES string of the molecule is NC(=O)c1cccc(C(=O)N2CCN([C@H]3CCC[C@H]3O)CC2)c1. The molecule has 2 fully saturated rings. The molecular formula is C17H23N3O3. The van der Waals surface area contributed by atoms with Crippen molar-refractivity contribution >= 4 is 11.8 Å². The lowest BCUT2D eigenvalue weighted by Crippen LogP contribution is -2.53. The summed E-state index contributed by atoms with van der Waals surface area (Å²) in [6, 6.07) is 6.79. The Kier molecular flexibility index (Phi) is 4.63. The molecule has 6 heteroatoms. The van der Waals surface area contributed by atoms with E-state index in [2.05, 4.69) is 4.90 Å². The van der Waals surface area contributed by atoms with Gasteiger partial charge in [0.2, 0.25) is 5.91 Å². The Morgan fingerprint density at radius 1 is 1.09 bits per heavy atom. The summed E-state index contributed by atoms with van der Waals surface area (Å²) in [5, 5.41) is 10.0. The number of benzene rings is 1. The number of hydrogen-bond acceptors (Lipinski definition) is 4. The zero-order chi connectivity index (χ0) is 16.4. The molecule has 0 radical (unpaired) electrons. The molecule has 124 valence electrons. The van der Waals surface area contributed by atoms with Crippen LogP contribution in [0.25, 0.3) is 0 Å². The van der Waals surface area contributed by atoms with Gasteiger partial charge in [0.05, 0.1) is 6.10 Å². The molecule has 2 amide bonds. The quantitative estimate of drug-likeness (QED) is 0.848. The highest BCUT2D eigenvalue weighted by atomic mass is 16.3. The molecule has 0 aromatic heterocycles. The molecule has 0 spiro atoms. The first kappa shape index (κ1) is 16.0. The van der Waals surface area contributed by atoms with Crippen molar-refractivity contribution < 1.29 is 14.7 Å². The summed E-state index contributed by atoms with van der Waals surface area (Å²) < 4.78 is 0. The smallest absolute Gasteiger partial charge is 0.253 e. The van der Waals surface area contributed by atoms with Gasteiger partial charge in [-0.3, -0.25) is 14.5 Å². The van der Waals surface area contributed by atoms with E-state index >= 15 is 0 Å². The first-order valence-corrected chi connectivity index (χ1v) is 8.17. The molecule has 1 aromatic rings. The van der Waals surface area contributed by atoms with Gasteiger partial charge < -0.3 is 15.7 Å². The predicted octanol–water partition coefficient (Wildman–Crippen LogP) is 0.457. The number of amides is 2. The zero-order valence-corrected chi connectivity index (χ0v) is 13.1. The van der Waals surface area contributed by atoms with Crippen molar-refractivity contribution in [2.24, 2.45) is 5.73 Å². The molecule has 6 nitrogen and oxygen atoms in total. The van der Waals surface area contributed by atoms with E-state index < -0.39 is 5.91 Å². The van der Waals surface area contributed by atoms with Crippen LogP contribution in [0, 0.1) is 0 Å². The van der Waals surface area contributed by atoms with E-state index in [4.69, 9.17) is 5.73 Å². The van der Waals surface area contributed by atoms with Gasteiger partial charge >= 0.3 is 0 Å². The van der Waals surface area contributed by atoms with E-state index in [0.717, 1.165) is 32.4 Å². The van der Waals surface area contributed by atoms with Crippen molar-refractivity contribution in [2.45, 2.75) is 31.4 Å². The van der Waals surface area contributed by atoms with Gasteiger partial charge in [0.15, 0.2) is 0 Å². The van der Waals surface area contributed by atoms with Crippen molar-refractivity contribution in [1.82, 2.24) is 9.80 Å². The Morgan fingerprint density at radius 3 is 2.39 bits per heavy atom. The summed E-state index contributed by atoms with van der Waals surface area (Å²) in [5.41, 5.74) is 6.11. The minimum absolute atomic E-state index is 0.0697. The van der Waals surface area contributed by atoms with E-state index in [1.54, 1.807) is 29.2 Å². The summed E-state index contributed by atoms with van der Waals surface area (Å²) in [6.07, 6.45) is 2.76. The first-order chi connectivity index (χ1) is 11.1. The van der Waals surface area contributed by atoms with Crippen LogP contribution in [0.4, 0.5) is 0 Å². The summed E-state index contributed by atoms with van der Waals surface area (Å²) in [5.74, 6) is -0.598. The van der Waals surface area contributed by atoms with E-state index in [0.29, 0.717) is 24.2 Å². The minimum atomic E-state index is -0.528. The minimum Gasteiger partial charge on any atom is -0.391 e. The number of nitrogens with two attached hydrogens (primary N) is 1. The number of carbonyl (C=O) groups excluding carboxylic acids is 2. The van der Waals surface area contributed by atoms with E-state index in [1.165, 1.54) is 0 Å². The average molecular weight is 317 g/mol. The number of piperazine rings is 1. The molecule has 1 saturated carbocycles. The second-order valence-corrected chi connectivity index (χ2v) is 6.34. The van der Waals surface area contributed by atoms with Crippen molar-refractivity contribution in [3.05, 3.63) is 35.4 Å². The zero-order valence-electron chi connectivity index (χ0n) is 13.1. The van der Waals surface area contributed by atoms with Gasteiger partial charge in [0, 0.05) is 43.3 Å². The molecule has 0 bridgehead atoms. The molecular weight excluding hydrogens is 294 g/mol. The molecule has 1 saturated heterocycles. The first-order valence-electron chi connectivity index (χ1n) is 8.17. The maximum absolute atomic E-state index is 12.6. The molecule has 1 aromatic carbocycles. The van der Waals surface area contributed by atoms with Crippen molar-refractivity contribution in [1.29, 1.82) is 0 Å². The monoisotopic (exact) mass is 317 g/mol. The molecule has 3 N–H and O–H groups in total. The van der Waals surface area contributed by atoms with Crippen LogP contribution in [-0.2, 0) is 0 Å². The van der Waals surface area contributed by atoms with Crippen LogP contribution in [0.1, 0.15) is 40.0 Å². The number of hydrogen-bond donors (Lipinski definition) is 2. The molecule has 1 heterocycles. The highest BCUT2D eigenvalue weighted by molar-refractivity contribution is 5.99. The number of carbonyl (C=O) groups is 2. The Labute approximate surface area is 135 Å². The van der Waals surface area contributed by atoms with Crippen molar-refractivity contribution in [2.75, 3.05) is 26.2 Å². The third-order valence-electron chi connectivity index (χ3n) is 4.91. The number of aliphatic hydroxyl groups excluding tert-OH is 1. The van der Waals surface area contributed by atoms with Gasteiger partial charge in [0.1, 0.15) is 0 Å². The fraction of sp³-hybridized carbons (Fsp3) is 0.529. The van der Waals surface area contributed by atoms with Crippen LogP contribution < -0.4 is 5.73 Å². The Bertz CT molecular complexity index is 597. The number of primary amides is 1. The molecule has 23 heavy (non-hydrogen) atoms. The number of rotatable bonds is 3. The third-order valence-corrected chi connectivity index (χ3v) is 4.91. The molecule has 3 rings (SSSR count). The Morgan fingerprint density at radius 2 is 1.78 bits per heavy atom. The van der Waals surface area contributed by atoms with E-state index in [-0.39, 0.29) is 18.1 Å². The van der Waals surface area contributed by atoms with Crippen LogP contribution >= 0.6 is 0 Å². The number of aliphatic hydroxyl groups is 1. The van der Waals surface area contributed by atoms with Crippen molar-refractivity contribution in [3.8, 4) is 0 Å². The molecule has 2 atom stereocenters. The van der Waals surface area contributed by atoms with Crippen molar-refractivity contribution in [3.63, 3.8) is 0 Å². The molecule has 1 aliphatic heterocycles. The van der Waals surface area contributed by atoms with Crippen LogP contribution in [0.2, 0.25) is 0 Å². The maximum atomic E-state index is 12.6. The average Bonchev–Trinajstić information content (AvgIpc) is 3.00. The molecule has 2 aliphatic rings. The summed E-state index contributed by atoms with van der Waals surface area (Å²) in [6.45, 7) is 2.84. The lowest BCUT2D eigenvalue weighted by atomic mass is 10.1. The highest BCUT2D eigenvalue weighted by Crippen LogP contribution is 2.25. The standard InChI is InChI=1S/C17H23N3O3/c18-16(22)12-3-1-4-13(11-12)17(23)20-9-7-19(8-10-20)14-5-2-6-15(14)21/h1,3-4,11,14-15,21H,2,5-10H2,(H2,18,22)/t14-,15+/m0/s1. The van der Waals surface area contributed by atoms with Gasteiger partial charge in [-0.25, -0.2) is 0 Å². The summed E-state index contributed by atoms with van der Waals surface area (Å²) in [7, 11) is 0. The van der Waals surface area contributed by atoms with E-state index in [1.807, 2.05) is 0 Å². The topological polar surface area (TPSA) is 86.9 Å². The van der Waals surface area contributed by atoms with E-state index in [9.17, 15) is 14.7 Å². The summed E-state index contributed by atoms with van der Waals surface area (Å²) >= 11 is 0. The largest absolute Gasteiger partial charge is 0.391 e. The second kappa shape index (κ2) is 6.68. The third kappa shape index (κ3) is 3.38. The fourth-order valence-corrected chi connectivity index (χ4v) is 3.59. The van der Waals surface area contributed by atoms with Gasteiger partial charge in [-0.2, -0.15) is 0 Å². The lowest BCUT2D eigenvalue weighted by molar-refractivity contribution is 0.0315. The highest BCUT2D eigenvalue weighted by Gasteiger charge is 2.33. The maximum Gasteiger partial charge on any atom is 0.253 e.